The normalized spacial score (nSPS) is 3.67. The van der Waals surface area contributed by atoms with Crippen LogP contribution in [0.4, 0.5) is 0 Å². The van der Waals surface area contributed by atoms with Crippen molar-refractivity contribution in [3.8, 4) is 0 Å². The molecule has 0 aromatic carbocycles. The van der Waals surface area contributed by atoms with E-state index < -0.39 is 0 Å². The van der Waals surface area contributed by atoms with Crippen molar-refractivity contribution >= 4 is 0 Å². The summed E-state index contributed by atoms with van der Waals surface area (Å²) in [5.74, 6) is 0. The van der Waals surface area contributed by atoms with Gasteiger partial charge in [-0.15, -0.1) is 0 Å². The minimum absolute atomic E-state index is 1.11. The summed E-state index contributed by atoms with van der Waals surface area (Å²) in [5.41, 5.74) is 4.30. The van der Waals surface area contributed by atoms with E-state index in [1.165, 1.54) is 0 Å². The Labute approximate surface area is 36.7 Å². The third kappa shape index (κ3) is 2.70. The lowest BCUT2D eigenvalue weighted by Crippen LogP contribution is -1.22. The predicted molar refractivity (Wildman–Crippen MR) is 22.5 cm³/mol. The zero-order valence-corrected chi connectivity index (χ0v) is 3.10. The summed E-state index contributed by atoms with van der Waals surface area (Å²) in [6.07, 6.45) is 1.11. The average molecular weight is 76.1 g/mol. The van der Waals surface area contributed by atoms with Crippen LogP contribution in [0.3, 0.4) is 0 Å². The molecule has 0 aliphatic carbocycles. The maximum Gasteiger partial charge on any atom is 0.302 e. The third-order valence-corrected chi connectivity index (χ3v) is 0.212. The van der Waals surface area contributed by atoms with Gasteiger partial charge in [0.25, 0.3) is 0 Å². The van der Waals surface area contributed by atoms with Crippen molar-refractivity contribution in [1.82, 2.24) is 0 Å². The molecular formula is C5H2N+. The van der Waals surface area contributed by atoms with Gasteiger partial charge in [0.2, 0.25) is 0 Å². The van der Waals surface area contributed by atoms with Gasteiger partial charge in [-0.2, -0.15) is 0 Å². The molecule has 0 unspecified atom stereocenters. The highest BCUT2D eigenvalue weighted by atomic mass is 14.6. The van der Waals surface area contributed by atoms with E-state index in [1.807, 2.05) is 5.73 Å². The maximum atomic E-state index is 6.12. The molecule has 1 heteroatoms. The summed E-state index contributed by atoms with van der Waals surface area (Å²) in [5, 5.41) is 0. The number of hydrogen-bond acceptors (Lipinski definition) is 0. The fourth-order valence-electron chi connectivity index (χ4n) is 0.0695. The van der Waals surface area contributed by atoms with E-state index in [-0.39, 0.29) is 0 Å². The monoisotopic (exact) mass is 76.0 g/mol. The lowest BCUT2D eigenvalue weighted by Gasteiger charge is -1.32. The molecule has 0 atom stereocenters. The molecule has 0 bridgehead atoms. The Hall–Kier alpha value is -1.30. The van der Waals surface area contributed by atoms with Crippen LogP contribution in [0.25, 0.3) is 4.85 Å². The van der Waals surface area contributed by atoms with Crippen molar-refractivity contribution in [3.05, 3.63) is 35.7 Å². The van der Waals surface area contributed by atoms with E-state index in [0.717, 1.165) is 6.20 Å². The van der Waals surface area contributed by atoms with Crippen molar-refractivity contribution in [3.63, 3.8) is 0 Å². The van der Waals surface area contributed by atoms with Crippen LogP contribution >= 0.6 is 0 Å². The summed E-state index contributed by atoms with van der Waals surface area (Å²) in [7, 11) is 0. The van der Waals surface area contributed by atoms with Gasteiger partial charge >= 0.3 is 6.20 Å². The zero-order chi connectivity index (χ0) is 4.83. The second-order valence-electron chi connectivity index (χ2n) is 0.547. The first kappa shape index (κ1) is 4.70. The quantitative estimate of drug-likeness (QED) is 0.301. The van der Waals surface area contributed by atoms with Crippen molar-refractivity contribution in [2.24, 2.45) is 0 Å². The molecule has 0 aliphatic heterocycles. The predicted octanol–water partition coefficient (Wildman–Crippen LogP) is 1.16. The Bertz CT molecular complexity index is 138. The maximum absolute atomic E-state index is 6.12. The molecule has 0 aliphatic rings. The van der Waals surface area contributed by atoms with Crippen molar-refractivity contribution in [2.75, 3.05) is 0 Å². The Morgan fingerprint density at radius 2 is 2.50 bits per heavy atom. The van der Waals surface area contributed by atoms with Gasteiger partial charge in [0.1, 0.15) is 6.58 Å². The second kappa shape index (κ2) is 3.70. The minimum Gasteiger partial charge on any atom is -0.212 e. The summed E-state index contributed by atoms with van der Waals surface area (Å²) in [4.78, 5) is 2.80. The Morgan fingerprint density at radius 3 is 2.67 bits per heavy atom. The van der Waals surface area contributed by atoms with E-state index in [2.05, 4.69) is 17.2 Å². The van der Waals surface area contributed by atoms with Gasteiger partial charge < -0.3 is 0 Å². The Kier molecular flexibility index (Phi) is 2.90. The van der Waals surface area contributed by atoms with Crippen LogP contribution in [0.1, 0.15) is 0 Å². The van der Waals surface area contributed by atoms with Gasteiger partial charge in [-0.05, 0) is 0 Å². The molecule has 0 fully saturated rings. The van der Waals surface area contributed by atoms with Gasteiger partial charge in [0.05, 0.1) is 6.57 Å². The van der Waals surface area contributed by atoms with E-state index in [9.17, 15) is 0 Å². The molecule has 0 spiro atoms. The molecule has 1 nitrogen and oxygen atoms in total. The first-order chi connectivity index (χ1) is 2.91. The molecule has 0 saturated heterocycles. The number of nitrogens with zero attached hydrogens (tertiary/aromatic N) is 1. The lowest BCUT2D eigenvalue weighted by atomic mass is 10.8. The van der Waals surface area contributed by atoms with E-state index >= 15 is 0 Å². The molecular weight excluding hydrogens is 74.1 g/mol. The first-order valence-electron chi connectivity index (χ1n) is 1.31. The smallest absolute Gasteiger partial charge is 0.212 e. The molecule has 0 heterocycles. The fraction of sp³-hybridized carbons (Fsp3) is 0. The zero-order valence-electron chi connectivity index (χ0n) is 3.10. The minimum atomic E-state index is 1.11. The summed E-state index contributed by atoms with van der Waals surface area (Å²) in [6.45, 7) is 10.8. The van der Waals surface area contributed by atoms with E-state index in [0.29, 0.717) is 0 Å². The van der Waals surface area contributed by atoms with Crippen LogP contribution in [-0.4, -0.2) is 0 Å². The molecule has 0 radical (unpaired) electrons. The van der Waals surface area contributed by atoms with Crippen LogP contribution in [0.5, 0.6) is 0 Å². The van der Waals surface area contributed by atoms with Crippen LogP contribution in [-0.2, 0) is 0 Å². The van der Waals surface area contributed by atoms with Crippen LogP contribution in [0.15, 0.2) is 17.7 Å². The van der Waals surface area contributed by atoms with E-state index in [4.69, 9.17) is 6.57 Å². The third-order valence-electron chi connectivity index (χ3n) is 0.212. The summed E-state index contributed by atoms with van der Waals surface area (Å²) < 4.78 is 0. The van der Waals surface area contributed by atoms with Crippen molar-refractivity contribution < 1.29 is 0 Å². The fourth-order valence-corrected chi connectivity index (χ4v) is 0.0695. The molecule has 0 aromatic heterocycles. The molecule has 0 rings (SSSR count). The van der Waals surface area contributed by atoms with Gasteiger partial charge in [-0.25, -0.2) is 4.85 Å². The Balaban J connectivity index is 3.91. The SMILES string of the molecule is [C-]#[N+]C=C=C=[CH+]. The van der Waals surface area contributed by atoms with Gasteiger partial charge in [0.15, 0.2) is 11.5 Å². The Morgan fingerprint density at radius 1 is 1.83 bits per heavy atom. The largest absolute Gasteiger partial charge is 0.302 e. The van der Waals surface area contributed by atoms with Crippen LogP contribution < -0.4 is 0 Å². The molecule has 0 aromatic rings. The van der Waals surface area contributed by atoms with Gasteiger partial charge in [-0.1, -0.05) is 0 Å². The topological polar surface area (TPSA) is 4.36 Å². The number of hydrogen-bond donors (Lipinski definition) is 0. The molecule has 26 valence electrons. The average Bonchev–Trinajstić information content (AvgIpc) is 1.61. The summed E-state index contributed by atoms with van der Waals surface area (Å²) in [6, 6.07) is 0. The lowest BCUT2D eigenvalue weighted by molar-refractivity contribution is 2.05. The van der Waals surface area contributed by atoms with Gasteiger partial charge in [0, 0.05) is 0 Å². The highest BCUT2D eigenvalue weighted by Gasteiger charge is 1.54. The molecule has 0 saturated carbocycles. The van der Waals surface area contributed by atoms with Gasteiger partial charge in [-0.3, -0.25) is 0 Å². The summed E-state index contributed by atoms with van der Waals surface area (Å²) >= 11 is 0. The molecule has 0 amide bonds. The van der Waals surface area contributed by atoms with Crippen LogP contribution in [0.2, 0.25) is 0 Å². The van der Waals surface area contributed by atoms with Crippen molar-refractivity contribution in [1.29, 1.82) is 0 Å². The first-order valence-corrected chi connectivity index (χ1v) is 1.31. The van der Waals surface area contributed by atoms with E-state index in [1.54, 1.807) is 0 Å². The van der Waals surface area contributed by atoms with Crippen LogP contribution in [0, 0.1) is 13.2 Å². The number of rotatable bonds is 0. The highest BCUT2D eigenvalue weighted by Crippen LogP contribution is 1.59. The second-order valence-corrected chi connectivity index (χ2v) is 0.547. The highest BCUT2D eigenvalue weighted by molar-refractivity contribution is 4.86. The standard InChI is InChI=1S/C5H2N/c1-3-4-5-6-2/h1,5H/q+1. The molecule has 6 heavy (non-hydrogen) atoms. The van der Waals surface area contributed by atoms with Crippen molar-refractivity contribution in [2.45, 2.75) is 0 Å². The molecule has 0 N–H and O–H groups in total.